The van der Waals surface area contributed by atoms with Crippen molar-refractivity contribution in [2.45, 2.75) is 59.8 Å². The van der Waals surface area contributed by atoms with Crippen LogP contribution in [0.2, 0.25) is 0 Å². The van der Waals surface area contributed by atoms with Crippen LogP contribution >= 0.6 is 0 Å². The zero-order valence-electron chi connectivity index (χ0n) is 9.22. The maximum atomic E-state index is 5.06. The van der Waals surface area contributed by atoms with Gasteiger partial charge in [0.1, 0.15) is 0 Å². The van der Waals surface area contributed by atoms with Crippen LogP contribution in [0.25, 0.3) is 0 Å². The Morgan fingerprint density at radius 2 is 1.50 bits per heavy atom. The van der Waals surface area contributed by atoms with E-state index in [0.29, 0.717) is 0 Å². The first-order valence-electron chi connectivity index (χ1n) is 5.87. The van der Waals surface area contributed by atoms with Crippen LogP contribution in [0.15, 0.2) is 0 Å². The van der Waals surface area contributed by atoms with Crippen molar-refractivity contribution < 1.29 is 4.74 Å². The molecule has 2 rings (SSSR count). The Morgan fingerprint density at radius 3 is 1.71 bits per heavy atom. The van der Waals surface area contributed by atoms with E-state index in [2.05, 4.69) is 13.8 Å². The summed E-state index contributed by atoms with van der Waals surface area (Å²) in [6, 6.07) is 0. The molecule has 1 saturated carbocycles. The number of hydrogen-bond acceptors (Lipinski definition) is 1. The Bertz CT molecular complexity index is 110. The third-order valence-electron chi connectivity index (χ3n) is 3.05. The smallest absolute Gasteiger partial charge is 0.0492 e. The molecular formula is C13H28O. The van der Waals surface area contributed by atoms with Crippen molar-refractivity contribution in [3.05, 3.63) is 0 Å². The standard InChI is InChI=1S/C7H14.C5H10O.CH4/c1-7-5-3-2-4-6-7;1-5-2-3-6-4-5;/h7H,2-6H2,1H3;5H,2-4H2,1H3;1H4. The van der Waals surface area contributed by atoms with Crippen LogP contribution in [0.1, 0.15) is 59.8 Å². The highest BCUT2D eigenvalue weighted by molar-refractivity contribution is 4.59. The monoisotopic (exact) mass is 200 g/mol. The summed E-state index contributed by atoms with van der Waals surface area (Å²) in [5, 5.41) is 0. The molecule has 86 valence electrons. The molecular weight excluding hydrogens is 172 g/mol. The predicted molar refractivity (Wildman–Crippen MR) is 63.6 cm³/mol. The molecule has 1 aliphatic heterocycles. The van der Waals surface area contributed by atoms with Crippen LogP contribution in [0.3, 0.4) is 0 Å². The van der Waals surface area contributed by atoms with Crippen molar-refractivity contribution in [2.24, 2.45) is 11.8 Å². The minimum absolute atomic E-state index is 0. The number of rotatable bonds is 0. The van der Waals surface area contributed by atoms with E-state index in [1.807, 2.05) is 0 Å². The first kappa shape index (κ1) is 14.0. The van der Waals surface area contributed by atoms with Gasteiger partial charge in [-0.15, -0.1) is 0 Å². The summed E-state index contributed by atoms with van der Waals surface area (Å²) in [5.41, 5.74) is 0. The van der Waals surface area contributed by atoms with E-state index in [9.17, 15) is 0 Å². The van der Waals surface area contributed by atoms with E-state index in [4.69, 9.17) is 4.74 Å². The van der Waals surface area contributed by atoms with Crippen LogP contribution in [-0.4, -0.2) is 13.2 Å². The minimum atomic E-state index is 0. The molecule has 1 heteroatoms. The predicted octanol–water partition coefficient (Wildman–Crippen LogP) is 4.27. The quantitative estimate of drug-likeness (QED) is 0.567. The molecule has 0 radical (unpaired) electrons. The average molecular weight is 200 g/mol. The van der Waals surface area contributed by atoms with Gasteiger partial charge in [0, 0.05) is 13.2 Å². The second kappa shape index (κ2) is 8.28. The van der Waals surface area contributed by atoms with Crippen molar-refractivity contribution in [3.8, 4) is 0 Å². The van der Waals surface area contributed by atoms with Crippen molar-refractivity contribution in [1.82, 2.24) is 0 Å². The molecule has 1 aliphatic carbocycles. The average Bonchev–Trinajstić information content (AvgIpc) is 2.58. The van der Waals surface area contributed by atoms with Gasteiger partial charge in [-0.2, -0.15) is 0 Å². The van der Waals surface area contributed by atoms with E-state index in [1.165, 1.54) is 38.5 Å². The lowest BCUT2D eigenvalue weighted by atomic mass is 9.91. The lowest BCUT2D eigenvalue weighted by Crippen LogP contribution is -1.99. The van der Waals surface area contributed by atoms with Gasteiger partial charge in [0.05, 0.1) is 0 Å². The van der Waals surface area contributed by atoms with Gasteiger partial charge in [-0.25, -0.2) is 0 Å². The highest BCUT2D eigenvalue weighted by Crippen LogP contribution is 2.22. The van der Waals surface area contributed by atoms with Gasteiger partial charge in [-0.05, 0) is 18.3 Å². The Morgan fingerprint density at radius 1 is 0.857 bits per heavy atom. The largest absolute Gasteiger partial charge is 0.381 e. The number of ether oxygens (including phenoxy) is 1. The molecule has 1 heterocycles. The molecule has 2 fully saturated rings. The SMILES string of the molecule is C.CC1CCCCC1.CC1CCOC1. The van der Waals surface area contributed by atoms with Gasteiger partial charge in [0.15, 0.2) is 0 Å². The highest BCUT2D eigenvalue weighted by atomic mass is 16.5. The van der Waals surface area contributed by atoms with Crippen LogP contribution in [0, 0.1) is 11.8 Å². The molecule has 0 amide bonds. The molecule has 0 aromatic rings. The lowest BCUT2D eigenvalue weighted by molar-refractivity contribution is 0.188. The molecule has 0 spiro atoms. The van der Waals surface area contributed by atoms with Gasteiger partial charge in [0.2, 0.25) is 0 Å². The molecule has 1 saturated heterocycles. The molecule has 2 aliphatic rings. The van der Waals surface area contributed by atoms with Crippen molar-refractivity contribution in [3.63, 3.8) is 0 Å². The summed E-state index contributed by atoms with van der Waals surface area (Å²) < 4.78 is 5.06. The third-order valence-corrected chi connectivity index (χ3v) is 3.05. The van der Waals surface area contributed by atoms with Crippen LogP contribution in [0.5, 0.6) is 0 Å². The Labute approximate surface area is 90.2 Å². The lowest BCUT2D eigenvalue weighted by Gasteiger charge is -2.15. The van der Waals surface area contributed by atoms with Crippen LogP contribution in [-0.2, 0) is 4.74 Å². The second-order valence-electron chi connectivity index (χ2n) is 4.71. The van der Waals surface area contributed by atoms with Crippen LogP contribution < -0.4 is 0 Å². The van der Waals surface area contributed by atoms with Crippen molar-refractivity contribution >= 4 is 0 Å². The molecule has 0 aromatic heterocycles. The first-order chi connectivity index (χ1) is 6.29. The van der Waals surface area contributed by atoms with E-state index in [0.717, 1.165) is 25.0 Å². The first-order valence-corrected chi connectivity index (χ1v) is 5.87. The van der Waals surface area contributed by atoms with Crippen molar-refractivity contribution in [2.75, 3.05) is 13.2 Å². The fourth-order valence-corrected chi connectivity index (χ4v) is 1.96. The Hall–Kier alpha value is -0.0400. The van der Waals surface area contributed by atoms with Gasteiger partial charge in [-0.1, -0.05) is 53.4 Å². The number of hydrogen-bond donors (Lipinski definition) is 0. The Balaban J connectivity index is 0.000000227. The molecule has 1 atom stereocenters. The molecule has 0 aromatic carbocycles. The normalized spacial score (nSPS) is 27.4. The van der Waals surface area contributed by atoms with Gasteiger partial charge >= 0.3 is 0 Å². The fraction of sp³-hybridized carbons (Fsp3) is 1.00. The van der Waals surface area contributed by atoms with E-state index in [-0.39, 0.29) is 7.43 Å². The molecule has 1 unspecified atom stereocenters. The summed E-state index contributed by atoms with van der Waals surface area (Å²) in [7, 11) is 0. The zero-order valence-corrected chi connectivity index (χ0v) is 9.22. The van der Waals surface area contributed by atoms with Gasteiger partial charge < -0.3 is 4.74 Å². The maximum Gasteiger partial charge on any atom is 0.0492 e. The Kier molecular flexibility index (Phi) is 8.26. The molecule has 1 nitrogen and oxygen atoms in total. The summed E-state index contributed by atoms with van der Waals surface area (Å²) in [6.07, 6.45) is 8.70. The summed E-state index contributed by atoms with van der Waals surface area (Å²) in [4.78, 5) is 0. The second-order valence-corrected chi connectivity index (χ2v) is 4.71. The highest BCUT2D eigenvalue weighted by Gasteiger charge is 2.07. The molecule has 0 bridgehead atoms. The van der Waals surface area contributed by atoms with E-state index >= 15 is 0 Å². The minimum Gasteiger partial charge on any atom is -0.381 e. The summed E-state index contributed by atoms with van der Waals surface area (Å²) >= 11 is 0. The third kappa shape index (κ3) is 6.42. The van der Waals surface area contributed by atoms with Crippen LogP contribution in [0.4, 0.5) is 0 Å². The fourth-order valence-electron chi connectivity index (χ4n) is 1.96. The zero-order chi connectivity index (χ0) is 9.52. The van der Waals surface area contributed by atoms with Crippen molar-refractivity contribution in [1.29, 1.82) is 0 Å². The summed E-state index contributed by atoms with van der Waals surface area (Å²) in [5.74, 6) is 1.86. The summed E-state index contributed by atoms with van der Waals surface area (Å²) in [6.45, 7) is 6.55. The van der Waals surface area contributed by atoms with E-state index in [1.54, 1.807) is 0 Å². The molecule has 14 heavy (non-hydrogen) atoms. The van der Waals surface area contributed by atoms with Gasteiger partial charge in [-0.3, -0.25) is 0 Å². The van der Waals surface area contributed by atoms with E-state index < -0.39 is 0 Å². The topological polar surface area (TPSA) is 9.23 Å². The molecule has 0 N–H and O–H groups in total. The maximum absolute atomic E-state index is 5.06. The van der Waals surface area contributed by atoms with Gasteiger partial charge in [0.25, 0.3) is 0 Å².